The molecule has 0 spiro atoms. The van der Waals surface area contributed by atoms with E-state index in [9.17, 15) is 5.11 Å². The van der Waals surface area contributed by atoms with Gasteiger partial charge in [-0.3, -0.25) is 0 Å². The predicted octanol–water partition coefficient (Wildman–Crippen LogP) is 2.54. The fourth-order valence-corrected chi connectivity index (χ4v) is 3.85. The average molecular weight is 259 g/mol. The van der Waals surface area contributed by atoms with Crippen LogP contribution in [0, 0.1) is 11.8 Å². The molecule has 1 aromatic carbocycles. The molecule has 1 saturated carbocycles. The van der Waals surface area contributed by atoms with Crippen molar-refractivity contribution in [3.05, 3.63) is 35.4 Å². The molecule has 2 atom stereocenters. The molecule has 2 N–H and O–H groups in total. The highest BCUT2D eigenvalue weighted by Crippen LogP contribution is 2.40. The molecule has 2 unspecified atom stereocenters. The second-order valence-electron chi connectivity index (χ2n) is 6.99. The Morgan fingerprint density at radius 1 is 1.11 bits per heavy atom. The number of nitrogens with one attached hydrogen (secondary N) is 1. The van der Waals surface area contributed by atoms with Crippen LogP contribution < -0.4 is 5.32 Å². The van der Waals surface area contributed by atoms with Crippen molar-refractivity contribution in [2.75, 3.05) is 6.54 Å². The summed E-state index contributed by atoms with van der Waals surface area (Å²) < 4.78 is 0. The standard InChI is InChI=1S/C17H25NO/c1-17(2,19)11-18-16-14-7-8-15(16)10-13-6-4-3-5-12(13)9-14/h3-6,14-16,18-19H,7-11H2,1-2H3. The summed E-state index contributed by atoms with van der Waals surface area (Å²) in [5.74, 6) is 1.49. The number of benzene rings is 1. The fourth-order valence-electron chi connectivity index (χ4n) is 3.85. The van der Waals surface area contributed by atoms with Gasteiger partial charge in [0.05, 0.1) is 5.60 Å². The van der Waals surface area contributed by atoms with Crippen LogP contribution in [0.3, 0.4) is 0 Å². The molecule has 2 nitrogen and oxygen atoms in total. The normalized spacial score (nSPS) is 29.9. The van der Waals surface area contributed by atoms with Crippen molar-refractivity contribution in [2.24, 2.45) is 11.8 Å². The first kappa shape index (κ1) is 13.1. The van der Waals surface area contributed by atoms with E-state index in [0.29, 0.717) is 12.6 Å². The minimum Gasteiger partial charge on any atom is -0.389 e. The SMILES string of the molecule is CC(C)(O)CNC1C2CCC1Cc1ccccc1C2. The van der Waals surface area contributed by atoms with Gasteiger partial charge in [0.15, 0.2) is 0 Å². The number of hydrogen-bond donors (Lipinski definition) is 2. The zero-order chi connectivity index (χ0) is 13.5. The summed E-state index contributed by atoms with van der Waals surface area (Å²) in [4.78, 5) is 0. The van der Waals surface area contributed by atoms with E-state index in [1.54, 1.807) is 11.1 Å². The van der Waals surface area contributed by atoms with Gasteiger partial charge in [0.25, 0.3) is 0 Å². The van der Waals surface area contributed by atoms with Crippen molar-refractivity contribution in [3.8, 4) is 0 Å². The highest BCUT2D eigenvalue weighted by molar-refractivity contribution is 5.30. The van der Waals surface area contributed by atoms with Crippen LogP contribution in [0.5, 0.6) is 0 Å². The van der Waals surface area contributed by atoms with Crippen LogP contribution in [0.15, 0.2) is 24.3 Å². The largest absolute Gasteiger partial charge is 0.389 e. The van der Waals surface area contributed by atoms with Gasteiger partial charge in [0.2, 0.25) is 0 Å². The lowest BCUT2D eigenvalue weighted by Crippen LogP contribution is -2.45. The molecule has 1 fully saturated rings. The van der Waals surface area contributed by atoms with Crippen molar-refractivity contribution in [3.63, 3.8) is 0 Å². The molecule has 0 aromatic heterocycles. The molecule has 0 heterocycles. The van der Waals surface area contributed by atoms with Crippen LogP contribution in [-0.2, 0) is 12.8 Å². The Kier molecular flexibility index (Phi) is 3.40. The second-order valence-corrected chi connectivity index (χ2v) is 6.99. The molecule has 2 aliphatic rings. The minimum absolute atomic E-state index is 0.582. The van der Waals surface area contributed by atoms with Crippen LogP contribution in [0.25, 0.3) is 0 Å². The van der Waals surface area contributed by atoms with E-state index in [4.69, 9.17) is 0 Å². The maximum Gasteiger partial charge on any atom is 0.0715 e. The molecular formula is C17H25NO. The van der Waals surface area contributed by atoms with Crippen molar-refractivity contribution >= 4 is 0 Å². The fraction of sp³-hybridized carbons (Fsp3) is 0.647. The smallest absolute Gasteiger partial charge is 0.0715 e. The van der Waals surface area contributed by atoms with Crippen molar-refractivity contribution in [1.29, 1.82) is 0 Å². The lowest BCUT2D eigenvalue weighted by atomic mass is 9.94. The third kappa shape index (κ3) is 2.85. The van der Waals surface area contributed by atoms with Gasteiger partial charge in [-0.1, -0.05) is 24.3 Å². The molecule has 19 heavy (non-hydrogen) atoms. The zero-order valence-electron chi connectivity index (χ0n) is 12.0. The highest BCUT2D eigenvalue weighted by atomic mass is 16.3. The van der Waals surface area contributed by atoms with Gasteiger partial charge in [0, 0.05) is 12.6 Å². The monoisotopic (exact) mass is 259 g/mol. The third-order valence-electron chi connectivity index (χ3n) is 4.78. The van der Waals surface area contributed by atoms with E-state index in [-0.39, 0.29) is 0 Å². The minimum atomic E-state index is -0.613. The molecule has 0 amide bonds. The topological polar surface area (TPSA) is 32.3 Å². The van der Waals surface area contributed by atoms with Crippen LogP contribution in [-0.4, -0.2) is 23.3 Å². The van der Waals surface area contributed by atoms with Crippen molar-refractivity contribution < 1.29 is 5.11 Å². The van der Waals surface area contributed by atoms with Gasteiger partial charge in [0.1, 0.15) is 0 Å². The number of fused-ring (bicyclic) bond motifs is 3. The predicted molar refractivity (Wildman–Crippen MR) is 78.2 cm³/mol. The molecule has 0 saturated heterocycles. The maximum absolute atomic E-state index is 9.92. The van der Waals surface area contributed by atoms with Crippen LogP contribution >= 0.6 is 0 Å². The van der Waals surface area contributed by atoms with Gasteiger partial charge in [-0.15, -0.1) is 0 Å². The summed E-state index contributed by atoms with van der Waals surface area (Å²) in [7, 11) is 0. The van der Waals surface area contributed by atoms with Crippen LogP contribution in [0.2, 0.25) is 0 Å². The third-order valence-corrected chi connectivity index (χ3v) is 4.78. The van der Waals surface area contributed by atoms with Crippen molar-refractivity contribution in [1.82, 2.24) is 5.32 Å². The van der Waals surface area contributed by atoms with E-state index >= 15 is 0 Å². The molecule has 0 aliphatic heterocycles. The summed E-state index contributed by atoms with van der Waals surface area (Å²) in [6, 6.07) is 9.50. The van der Waals surface area contributed by atoms with Crippen molar-refractivity contribution in [2.45, 2.75) is 51.2 Å². The Hall–Kier alpha value is -0.860. The van der Waals surface area contributed by atoms with Gasteiger partial charge >= 0.3 is 0 Å². The molecule has 3 rings (SSSR count). The first-order valence-electron chi connectivity index (χ1n) is 7.55. The Morgan fingerprint density at radius 3 is 2.11 bits per heavy atom. The summed E-state index contributed by atoms with van der Waals surface area (Å²) in [5.41, 5.74) is 2.48. The molecule has 0 radical (unpaired) electrons. The number of aliphatic hydroxyl groups is 1. The first-order valence-corrected chi connectivity index (χ1v) is 7.55. The quantitative estimate of drug-likeness (QED) is 0.874. The van der Waals surface area contributed by atoms with E-state index in [2.05, 4.69) is 29.6 Å². The molecule has 1 aromatic rings. The lowest BCUT2D eigenvalue weighted by molar-refractivity contribution is 0.0724. The molecule has 104 valence electrons. The Balaban J connectivity index is 1.76. The molecular weight excluding hydrogens is 234 g/mol. The van der Waals surface area contributed by atoms with Crippen LogP contribution in [0.1, 0.15) is 37.8 Å². The Labute approximate surface area is 116 Å². The zero-order valence-corrected chi connectivity index (χ0v) is 12.0. The second kappa shape index (κ2) is 4.92. The summed E-state index contributed by atoms with van der Waals surface area (Å²) in [6.07, 6.45) is 5.08. The van der Waals surface area contributed by atoms with Crippen LogP contribution in [0.4, 0.5) is 0 Å². The molecule has 2 bridgehead atoms. The Bertz CT molecular complexity index is 416. The number of rotatable bonds is 3. The van der Waals surface area contributed by atoms with Gasteiger partial charge < -0.3 is 10.4 Å². The maximum atomic E-state index is 9.92. The van der Waals surface area contributed by atoms with E-state index in [0.717, 1.165) is 11.8 Å². The lowest BCUT2D eigenvalue weighted by Gasteiger charge is -2.27. The van der Waals surface area contributed by atoms with Gasteiger partial charge in [-0.25, -0.2) is 0 Å². The first-order chi connectivity index (χ1) is 9.03. The van der Waals surface area contributed by atoms with E-state index < -0.39 is 5.60 Å². The van der Waals surface area contributed by atoms with E-state index in [1.807, 2.05) is 13.8 Å². The summed E-state index contributed by atoms with van der Waals surface area (Å²) >= 11 is 0. The Morgan fingerprint density at radius 2 is 1.63 bits per heavy atom. The summed E-state index contributed by atoms with van der Waals surface area (Å²) in [6.45, 7) is 4.46. The molecule has 2 heteroatoms. The molecule has 2 aliphatic carbocycles. The van der Waals surface area contributed by atoms with E-state index in [1.165, 1.54) is 25.7 Å². The van der Waals surface area contributed by atoms with Gasteiger partial charge in [-0.05, 0) is 62.5 Å². The average Bonchev–Trinajstić information content (AvgIpc) is 2.61. The van der Waals surface area contributed by atoms with Gasteiger partial charge in [-0.2, -0.15) is 0 Å². The highest BCUT2D eigenvalue weighted by Gasteiger charge is 2.39. The summed E-state index contributed by atoms with van der Waals surface area (Å²) in [5, 5.41) is 13.6. The number of hydrogen-bond acceptors (Lipinski definition) is 2.